The lowest BCUT2D eigenvalue weighted by molar-refractivity contribution is -0.116. The van der Waals surface area contributed by atoms with Gasteiger partial charge in [0.1, 0.15) is 0 Å². The van der Waals surface area contributed by atoms with Crippen LogP contribution < -0.4 is 5.32 Å². The van der Waals surface area contributed by atoms with E-state index < -0.39 is 0 Å². The van der Waals surface area contributed by atoms with E-state index in [1.807, 2.05) is 39.1 Å². The molecule has 2 aromatic rings. The van der Waals surface area contributed by atoms with Gasteiger partial charge in [-0.25, -0.2) is 4.52 Å². The Balaban J connectivity index is 2.17. The number of pyridine rings is 1. The number of rotatable bonds is 3. The van der Waals surface area contributed by atoms with Gasteiger partial charge in [-0.2, -0.15) is 4.98 Å². The SMILES string of the molecule is Cc1ccc2nc(NC(=O)CC(C)C)nn2c1. The van der Waals surface area contributed by atoms with E-state index >= 15 is 0 Å². The Hall–Kier alpha value is -1.91. The highest BCUT2D eigenvalue weighted by atomic mass is 16.1. The number of nitrogens with one attached hydrogen (secondary N) is 1. The average Bonchev–Trinajstić information content (AvgIpc) is 2.57. The van der Waals surface area contributed by atoms with Crippen molar-refractivity contribution >= 4 is 17.5 Å². The summed E-state index contributed by atoms with van der Waals surface area (Å²) >= 11 is 0. The normalized spacial score (nSPS) is 11.1. The van der Waals surface area contributed by atoms with Crippen LogP contribution in [-0.4, -0.2) is 20.5 Å². The number of fused-ring (bicyclic) bond motifs is 1. The van der Waals surface area contributed by atoms with Crippen molar-refractivity contribution in [3.63, 3.8) is 0 Å². The van der Waals surface area contributed by atoms with Gasteiger partial charge in [0.25, 0.3) is 0 Å². The summed E-state index contributed by atoms with van der Waals surface area (Å²) < 4.78 is 1.67. The Morgan fingerprint density at radius 3 is 2.94 bits per heavy atom. The summed E-state index contributed by atoms with van der Waals surface area (Å²) in [5, 5.41) is 6.89. The summed E-state index contributed by atoms with van der Waals surface area (Å²) in [5.41, 5.74) is 1.83. The molecule has 5 heteroatoms. The highest BCUT2D eigenvalue weighted by Crippen LogP contribution is 2.08. The van der Waals surface area contributed by atoms with E-state index in [0.29, 0.717) is 18.3 Å². The molecule has 0 bridgehead atoms. The molecule has 2 aromatic heterocycles. The molecule has 5 nitrogen and oxygen atoms in total. The molecule has 0 aliphatic rings. The smallest absolute Gasteiger partial charge is 0.249 e. The molecule has 0 saturated carbocycles. The highest BCUT2D eigenvalue weighted by Gasteiger charge is 2.09. The first-order chi connectivity index (χ1) is 8.04. The molecule has 1 amide bonds. The van der Waals surface area contributed by atoms with E-state index in [1.165, 1.54) is 0 Å². The topological polar surface area (TPSA) is 59.3 Å². The minimum atomic E-state index is -0.0485. The third kappa shape index (κ3) is 2.81. The fourth-order valence-electron chi connectivity index (χ4n) is 1.59. The molecule has 0 saturated heterocycles. The van der Waals surface area contributed by atoms with Crippen molar-refractivity contribution in [2.24, 2.45) is 5.92 Å². The summed E-state index contributed by atoms with van der Waals surface area (Å²) in [6, 6.07) is 3.84. The molecule has 0 radical (unpaired) electrons. The Morgan fingerprint density at radius 2 is 2.24 bits per heavy atom. The molecule has 2 heterocycles. The number of hydrogen-bond acceptors (Lipinski definition) is 3. The third-order valence-corrected chi connectivity index (χ3v) is 2.32. The first kappa shape index (κ1) is 11.6. The van der Waals surface area contributed by atoms with Crippen LogP contribution >= 0.6 is 0 Å². The molecule has 2 rings (SSSR count). The van der Waals surface area contributed by atoms with Crippen molar-refractivity contribution in [2.45, 2.75) is 27.2 Å². The van der Waals surface area contributed by atoms with Crippen LogP contribution in [0.1, 0.15) is 25.8 Å². The van der Waals surface area contributed by atoms with Crippen LogP contribution in [0.3, 0.4) is 0 Å². The Labute approximate surface area is 99.9 Å². The molecule has 0 atom stereocenters. The fourth-order valence-corrected chi connectivity index (χ4v) is 1.59. The summed E-state index contributed by atoms with van der Waals surface area (Å²) in [6.07, 6.45) is 2.36. The van der Waals surface area contributed by atoms with Crippen molar-refractivity contribution in [1.82, 2.24) is 14.6 Å². The number of carbonyl (C=O) groups is 1. The van der Waals surface area contributed by atoms with Gasteiger partial charge in [-0.05, 0) is 24.5 Å². The van der Waals surface area contributed by atoms with Crippen molar-refractivity contribution < 1.29 is 4.79 Å². The van der Waals surface area contributed by atoms with Gasteiger partial charge in [0, 0.05) is 12.6 Å². The largest absolute Gasteiger partial charge is 0.293 e. The molecule has 0 aliphatic heterocycles. The lowest BCUT2D eigenvalue weighted by Crippen LogP contribution is -2.14. The second-order valence-electron chi connectivity index (χ2n) is 4.59. The summed E-state index contributed by atoms with van der Waals surface area (Å²) in [6.45, 7) is 5.98. The van der Waals surface area contributed by atoms with Crippen LogP contribution in [0.5, 0.6) is 0 Å². The maximum absolute atomic E-state index is 11.6. The van der Waals surface area contributed by atoms with Crippen LogP contribution in [0.25, 0.3) is 5.65 Å². The third-order valence-electron chi connectivity index (χ3n) is 2.32. The summed E-state index contributed by atoms with van der Waals surface area (Å²) in [5.74, 6) is 0.642. The van der Waals surface area contributed by atoms with Crippen molar-refractivity contribution in [1.29, 1.82) is 0 Å². The Kier molecular flexibility index (Phi) is 3.08. The van der Waals surface area contributed by atoms with Gasteiger partial charge in [0.2, 0.25) is 11.9 Å². The number of nitrogens with zero attached hydrogens (tertiary/aromatic N) is 3. The number of anilines is 1. The van der Waals surface area contributed by atoms with Crippen LogP contribution in [0.2, 0.25) is 0 Å². The second-order valence-corrected chi connectivity index (χ2v) is 4.59. The molecule has 0 fully saturated rings. The van der Waals surface area contributed by atoms with Crippen LogP contribution in [0.15, 0.2) is 18.3 Å². The molecular weight excluding hydrogens is 216 g/mol. The molecule has 0 aliphatic carbocycles. The van der Waals surface area contributed by atoms with Crippen molar-refractivity contribution in [3.05, 3.63) is 23.9 Å². The zero-order valence-electron chi connectivity index (χ0n) is 10.3. The quantitative estimate of drug-likeness (QED) is 0.880. The molecule has 0 aromatic carbocycles. The first-order valence-corrected chi connectivity index (χ1v) is 5.67. The zero-order chi connectivity index (χ0) is 12.4. The molecule has 0 unspecified atom stereocenters. The van der Waals surface area contributed by atoms with Crippen molar-refractivity contribution in [2.75, 3.05) is 5.32 Å². The predicted octanol–water partition coefficient (Wildman–Crippen LogP) is 2.02. The number of hydrogen-bond donors (Lipinski definition) is 1. The van der Waals surface area contributed by atoms with Gasteiger partial charge in [-0.3, -0.25) is 10.1 Å². The van der Waals surface area contributed by atoms with E-state index in [4.69, 9.17) is 0 Å². The Bertz CT molecular complexity index is 544. The summed E-state index contributed by atoms with van der Waals surface area (Å²) in [7, 11) is 0. The van der Waals surface area contributed by atoms with E-state index in [2.05, 4.69) is 15.4 Å². The van der Waals surface area contributed by atoms with Crippen LogP contribution in [-0.2, 0) is 4.79 Å². The lowest BCUT2D eigenvalue weighted by atomic mass is 10.1. The van der Waals surface area contributed by atoms with E-state index in [-0.39, 0.29) is 5.91 Å². The second kappa shape index (κ2) is 4.53. The van der Waals surface area contributed by atoms with E-state index in [9.17, 15) is 4.79 Å². The maximum atomic E-state index is 11.6. The van der Waals surface area contributed by atoms with Gasteiger partial charge in [-0.15, -0.1) is 5.10 Å². The first-order valence-electron chi connectivity index (χ1n) is 5.67. The van der Waals surface area contributed by atoms with Gasteiger partial charge < -0.3 is 0 Å². The molecular formula is C12H16N4O. The minimum Gasteiger partial charge on any atom is -0.293 e. The van der Waals surface area contributed by atoms with Crippen LogP contribution in [0.4, 0.5) is 5.95 Å². The zero-order valence-corrected chi connectivity index (χ0v) is 10.3. The lowest BCUT2D eigenvalue weighted by Gasteiger charge is -2.02. The Morgan fingerprint density at radius 1 is 1.47 bits per heavy atom. The standard InChI is InChI=1S/C12H16N4O/c1-8(2)6-11(17)14-12-13-10-5-4-9(3)7-16(10)15-12/h4-5,7-8H,6H2,1-3H3,(H,14,15,17). The number of aromatic nitrogens is 3. The van der Waals surface area contributed by atoms with Gasteiger partial charge >= 0.3 is 0 Å². The molecule has 1 N–H and O–H groups in total. The van der Waals surface area contributed by atoms with Crippen LogP contribution in [0, 0.1) is 12.8 Å². The fraction of sp³-hybridized carbons (Fsp3) is 0.417. The van der Waals surface area contributed by atoms with Gasteiger partial charge in [-0.1, -0.05) is 19.9 Å². The molecule has 0 spiro atoms. The van der Waals surface area contributed by atoms with Crippen molar-refractivity contribution in [3.8, 4) is 0 Å². The number of aryl methyl sites for hydroxylation is 1. The van der Waals surface area contributed by atoms with Gasteiger partial charge in [0.15, 0.2) is 5.65 Å². The molecule has 17 heavy (non-hydrogen) atoms. The minimum absolute atomic E-state index is 0.0485. The van der Waals surface area contributed by atoms with E-state index in [0.717, 1.165) is 11.2 Å². The van der Waals surface area contributed by atoms with E-state index in [1.54, 1.807) is 4.52 Å². The number of carbonyl (C=O) groups excluding carboxylic acids is 1. The maximum Gasteiger partial charge on any atom is 0.249 e. The average molecular weight is 232 g/mol. The highest BCUT2D eigenvalue weighted by molar-refractivity contribution is 5.89. The number of amides is 1. The molecule has 90 valence electrons. The predicted molar refractivity (Wildman–Crippen MR) is 65.8 cm³/mol. The van der Waals surface area contributed by atoms with Gasteiger partial charge in [0.05, 0.1) is 0 Å². The summed E-state index contributed by atoms with van der Waals surface area (Å²) in [4.78, 5) is 15.8. The monoisotopic (exact) mass is 232 g/mol.